The van der Waals surface area contributed by atoms with Crippen LogP contribution in [0.25, 0.3) is 10.8 Å². The molecule has 0 amide bonds. The quantitative estimate of drug-likeness (QED) is 0.0394. The van der Waals surface area contributed by atoms with Crippen molar-refractivity contribution < 1.29 is 28.0 Å². The van der Waals surface area contributed by atoms with Crippen LogP contribution in [0.3, 0.4) is 0 Å². The second-order valence-electron chi connectivity index (χ2n) is 14.5. The van der Waals surface area contributed by atoms with Crippen molar-refractivity contribution >= 4 is 19.3 Å². The molecule has 302 valence electrons. The van der Waals surface area contributed by atoms with Crippen LogP contribution in [-0.2, 0) is 24.1 Å². The van der Waals surface area contributed by atoms with Gasteiger partial charge in [0.2, 0.25) is 0 Å². The molecule has 1 unspecified atom stereocenters. The zero-order chi connectivity index (χ0) is 41.2. The Labute approximate surface area is 343 Å². The molecule has 0 radical (unpaired) electrons. The lowest BCUT2D eigenvalue weighted by molar-refractivity contribution is -0.0922. The van der Waals surface area contributed by atoms with Crippen LogP contribution in [0.5, 0.6) is 11.5 Å². The summed E-state index contributed by atoms with van der Waals surface area (Å²) in [7, 11) is 1.63. The van der Waals surface area contributed by atoms with Gasteiger partial charge in [-0.3, -0.25) is 9.36 Å². The lowest BCUT2D eigenvalue weighted by Gasteiger charge is -2.39. The monoisotopic (exact) mass is 801 g/mol. The number of ether oxygens (including phenoxy) is 4. The van der Waals surface area contributed by atoms with Gasteiger partial charge in [0.1, 0.15) is 29.4 Å². The molecule has 0 spiro atoms. The van der Waals surface area contributed by atoms with Gasteiger partial charge in [-0.15, -0.1) is 5.92 Å². The molecular formula is C47H52N3O7P. The van der Waals surface area contributed by atoms with Crippen LogP contribution in [0.1, 0.15) is 75.9 Å². The summed E-state index contributed by atoms with van der Waals surface area (Å²) in [5.74, 6) is 7.63. The van der Waals surface area contributed by atoms with Crippen LogP contribution >= 0.6 is 8.53 Å². The molecule has 1 saturated heterocycles. The largest absolute Gasteiger partial charge is 0.497 e. The first-order valence-electron chi connectivity index (χ1n) is 19.6. The fourth-order valence-electron chi connectivity index (χ4n) is 7.58. The molecule has 11 heteroatoms. The van der Waals surface area contributed by atoms with Gasteiger partial charge >= 0.3 is 0 Å². The van der Waals surface area contributed by atoms with Crippen LogP contribution in [0.4, 0.5) is 0 Å². The fraction of sp³-hybridized carbons (Fsp3) is 0.362. The Balaban J connectivity index is 1.47. The molecule has 0 bridgehead atoms. The summed E-state index contributed by atoms with van der Waals surface area (Å²) in [5.41, 5.74) is 2.07. The maximum absolute atomic E-state index is 14.2. The average Bonchev–Trinajstić information content (AvgIpc) is 3.64. The van der Waals surface area contributed by atoms with Gasteiger partial charge < -0.3 is 28.0 Å². The molecule has 2 heterocycles. The number of pyridine rings is 1. The Hall–Kier alpha value is -5.03. The standard InChI is InChI=1S/C47H52N3O7P/c1-8-15-35-31-49(46(51)42-19-13-12-18-41(35)42)45-30-43(57-58(55-29-14-28-48)50(33(2)3)34(4)5)44(56-45)32-54-47(36-16-10-9-11-17-36,37-20-24-39(52-6)25-21-37)38-22-26-40(53-7)27-23-38/h9-13,16-27,31,33-34,43-45H,14,29-30,32H2,1-7H3/t43-,44+,45+,58?/m0/s1. The minimum atomic E-state index is -1.66. The number of rotatable bonds is 17. The summed E-state index contributed by atoms with van der Waals surface area (Å²) in [6.07, 6.45) is 0.407. The van der Waals surface area contributed by atoms with Gasteiger partial charge in [0.15, 0.2) is 0 Å². The minimum absolute atomic E-state index is 0.0722. The van der Waals surface area contributed by atoms with Crippen LogP contribution in [0.15, 0.2) is 114 Å². The van der Waals surface area contributed by atoms with Crippen molar-refractivity contribution in [3.63, 3.8) is 0 Å². The zero-order valence-electron chi connectivity index (χ0n) is 34.3. The van der Waals surface area contributed by atoms with E-state index < -0.39 is 32.6 Å². The SMILES string of the molecule is CC#Cc1cn([C@H]2C[C@H](OP(OCCC#N)N(C(C)C)C(C)C)[C@@H](COC(c3ccccc3)(c3ccc(OC)cc3)c3ccc(OC)cc3)O2)c(=O)c2ccccc12. The van der Waals surface area contributed by atoms with E-state index in [0.717, 1.165) is 27.6 Å². The van der Waals surface area contributed by atoms with E-state index in [1.807, 2.05) is 91.0 Å². The molecule has 4 aromatic carbocycles. The Kier molecular flexibility index (Phi) is 14.4. The first kappa shape index (κ1) is 42.6. The Morgan fingerprint density at radius 1 is 0.845 bits per heavy atom. The van der Waals surface area contributed by atoms with E-state index in [0.29, 0.717) is 23.3 Å². The lowest BCUT2D eigenvalue weighted by Crippen LogP contribution is -2.39. The first-order valence-corrected chi connectivity index (χ1v) is 20.7. The lowest BCUT2D eigenvalue weighted by atomic mass is 9.80. The topological polar surface area (TPSA) is 104 Å². The van der Waals surface area contributed by atoms with Crippen molar-refractivity contribution in [3.05, 3.63) is 142 Å². The zero-order valence-corrected chi connectivity index (χ0v) is 35.1. The molecular weight excluding hydrogens is 750 g/mol. The molecule has 6 rings (SSSR count). The molecule has 0 N–H and O–H groups in total. The number of nitrogens with zero attached hydrogens (tertiary/aromatic N) is 3. The predicted molar refractivity (Wildman–Crippen MR) is 228 cm³/mol. The minimum Gasteiger partial charge on any atom is -0.497 e. The number of fused-ring (bicyclic) bond motifs is 1. The van der Waals surface area contributed by atoms with E-state index in [2.05, 4.69) is 62.4 Å². The molecule has 10 nitrogen and oxygen atoms in total. The van der Waals surface area contributed by atoms with Gasteiger partial charge in [-0.1, -0.05) is 78.7 Å². The van der Waals surface area contributed by atoms with Gasteiger partial charge in [-0.25, -0.2) is 4.67 Å². The number of hydrogen-bond donors (Lipinski definition) is 0. The second-order valence-corrected chi connectivity index (χ2v) is 16.0. The molecule has 1 fully saturated rings. The fourth-order valence-corrected chi connectivity index (χ4v) is 9.34. The van der Waals surface area contributed by atoms with Gasteiger partial charge in [0, 0.05) is 41.0 Å². The highest BCUT2D eigenvalue weighted by Gasteiger charge is 2.45. The third-order valence-electron chi connectivity index (χ3n) is 10.2. The van der Waals surface area contributed by atoms with Crippen molar-refractivity contribution in [1.29, 1.82) is 5.26 Å². The average molecular weight is 802 g/mol. The number of benzene rings is 4. The molecule has 58 heavy (non-hydrogen) atoms. The normalized spacial score (nSPS) is 17.3. The number of aromatic nitrogens is 1. The maximum atomic E-state index is 14.2. The van der Waals surface area contributed by atoms with Crippen molar-refractivity contribution in [2.75, 3.05) is 27.4 Å². The maximum Gasteiger partial charge on any atom is 0.260 e. The summed E-state index contributed by atoms with van der Waals surface area (Å²) in [4.78, 5) is 14.2. The van der Waals surface area contributed by atoms with E-state index in [4.69, 9.17) is 28.0 Å². The molecule has 5 aromatic rings. The van der Waals surface area contributed by atoms with Gasteiger partial charge in [-0.05, 0) is 81.6 Å². The van der Waals surface area contributed by atoms with Crippen molar-refractivity contribution in [2.45, 2.75) is 83.6 Å². The van der Waals surface area contributed by atoms with E-state index >= 15 is 0 Å². The summed E-state index contributed by atoms with van der Waals surface area (Å²) in [6.45, 7) is 10.5. The van der Waals surface area contributed by atoms with Gasteiger partial charge in [0.05, 0.1) is 46.0 Å². The molecule has 1 aliphatic rings. The number of nitriles is 1. The molecule has 1 aromatic heterocycles. The smallest absolute Gasteiger partial charge is 0.260 e. The highest BCUT2D eigenvalue weighted by atomic mass is 31.2. The molecule has 0 aliphatic carbocycles. The van der Waals surface area contributed by atoms with E-state index in [1.165, 1.54) is 0 Å². The van der Waals surface area contributed by atoms with Crippen molar-refractivity contribution in [3.8, 4) is 29.4 Å². The highest BCUT2D eigenvalue weighted by Crippen LogP contribution is 2.51. The summed E-state index contributed by atoms with van der Waals surface area (Å²) < 4.78 is 42.6. The summed E-state index contributed by atoms with van der Waals surface area (Å²) >= 11 is 0. The van der Waals surface area contributed by atoms with Gasteiger partial charge in [0.25, 0.3) is 14.1 Å². The Bertz CT molecular complexity index is 2220. The van der Waals surface area contributed by atoms with Crippen LogP contribution < -0.4 is 15.0 Å². The molecule has 0 saturated carbocycles. The number of hydrogen-bond acceptors (Lipinski definition) is 9. The van der Waals surface area contributed by atoms with Crippen molar-refractivity contribution in [2.24, 2.45) is 0 Å². The first-order chi connectivity index (χ1) is 28.1. The van der Waals surface area contributed by atoms with Crippen LogP contribution in [0.2, 0.25) is 0 Å². The van der Waals surface area contributed by atoms with Gasteiger partial charge in [-0.2, -0.15) is 5.26 Å². The highest BCUT2D eigenvalue weighted by molar-refractivity contribution is 7.44. The second kappa shape index (κ2) is 19.6. The summed E-state index contributed by atoms with van der Waals surface area (Å²) in [5, 5.41) is 10.7. The van der Waals surface area contributed by atoms with E-state index in [1.54, 1.807) is 31.9 Å². The van der Waals surface area contributed by atoms with Crippen LogP contribution in [-0.4, -0.2) is 61.0 Å². The van der Waals surface area contributed by atoms with E-state index in [-0.39, 0.29) is 37.3 Å². The van der Waals surface area contributed by atoms with Crippen molar-refractivity contribution in [1.82, 2.24) is 9.24 Å². The molecule has 1 aliphatic heterocycles. The molecule has 4 atom stereocenters. The third kappa shape index (κ3) is 9.15. The third-order valence-corrected chi connectivity index (χ3v) is 12.4. The van der Waals surface area contributed by atoms with E-state index in [9.17, 15) is 10.1 Å². The Morgan fingerprint density at radius 2 is 1.41 bits per heavy atom. The summed E-state index contributed by atoms with van der Waals surface area (Å²) in [6, 6.07) is 35.7. The van der Waals surface area contributed by atoms with Crippen LogP contribution in [0, 0.1) is 23.2 Å². The Morgan fingerprint density at radius 3 is 1.97 bits per heavy atom. The predicted octanol–water partition coefficient (Wildman–Crippen LogP) is 9.35. The number of methoxy groups -OCH3 is 2.